The summed E-state index contributed by atoms with van der Waals surface area (Å²) in [7, 11) is 0. The number of nitro groups is 1. The summed E-state index contributed by atoms with van der Waals surface area (Å²) in [6.07, 6.45) is 4.02. The molecule has 0 saturated carbocycles. The van der Waals surface area contributed by atoms with E-state index in [1.54, 1.807) is 19.1 Å². The summed E-state index contributed by atoms with van der Waals surface area (Å²) in [6.45, 7) is 1.86. The molecule has 0 spiro atoms. The number of nitro benzene ring substituents is 1. The van der Waals surface area contributed by atoms with Crippen molar-refractivity contribution in [2.75, 3.05) is 6.61 Å². The number of phenolic OH excluding ortho intramolecular Hbond substituents is 1. The van der Waals surface area contributed by atoms with Gasteiger partial charge in [0.1, 0.15) is 11.5 Å². The van der Waals surface area contributed by atoms with Crippen LogP contribution in [0.15, 0.2) is 41.0 Å². The van der Waals surface area contributed by atoms with Gasteiger partial charge in [0.25, 0.3) is 0 Å². The molecular formula is C15H13NO6. The molecule has 2 aromatic rings. The maximum atomic E-state index is 12.1. The van der Waals surface area contributed by atoms with E-state index in [1.165, 1.54) is 12.3 Å². The van der Waals surface area contributed by atoms with E-state index in [1.807, 2.05) is 0 Å². The Morgan fingerprint density at radius 2 is 2.27 bits per heavy atom. The average Bonchev–Trinajstić information content (AvgIpc) is 2.98. The Hall–Kier alpha value is -3.09. The van der Waals surface area contributed by atoms with Crippen molar-refractivity contribution in [3.8, 4) is 11.5 Å². The first-order valence-corrected chi connectivity index (χ1v) is 6.43. The van der Waals surface area contributed by atoms with Gasteiger partial charge in [0.15, 0.2) is 5.78 Å². The quantitative estimate of drug-likeness (QED) is 0.380. The minimum absolute atomic E-state index is 0.0865. The summed E-state index contributed by atoms with van der Waals surface area (Å²) in [6, 6.07) is 5.36. The third kappa shape index (κ3) is 3.32. The van der Waals surface area contributed by atoms with Gasteiger partial charge < -0.3 is 14.3 Å². The van der Waals surface area contributed by atoms with E-state index < -0.39 is 10.7 Å². The number of furan rings is 1. The van der Waals surface area contributed by atoms with Gasteiger partial charge in [-0.15, -0.1) is 0 Å². The van der Waals surface area contributed by atoms with Crippen LogP contribution in [-0.4, -0.2) is 22.4 Å². The van der Waals surface area contributed by atoms with Gasteiger partial charge in [0.05, 0.1) is 23.4 Å². The van der Waals surface area contributed by atoms with Gasteiger partial charge in [0, 0.05) is 12.1 Å². The standard InChI is InChI=1S/C15H13NO6/c1-2-21-15-9-14(18)11(8-12(15)16(19)20)13(17)6-5-10-4-3-7-22-10/h3-9,18H,2H2,1H3. The van der Waals surface area contributed by atoms with Crippen molar-refractivity contribution in [1.29, 1.82) is 0 Å². The molecule has 1 heterocycles. The summed E-state index contributed by atoms with van der Waals surface area (Å²) in [5.41, 5.74) is -0.563. The lowest BCUT2D eigenvalue weighted by Crippen LogP contribution is -2.01. The van der Waals surface area contributed by atoms with Gasteiger partial charge in [-0.25, -0.2) is 0 Å². The SMILES string of the molecule is CCOc1cc(O)c(C(=O)C=Cc2ccco2)cc1[N+](=O)[O-]. The summed E-state index contributed by atoms with van der Waals surface area (Å²) >= 11 is 0. The van der Waals surface area contributed by atoms with E-state index in [9.17, 15) is 20.0 Å². The number of nitrogens with zero attached hydrogens (tertiary/aromatic N) is 1. The number of carbonyl (C=O) groups is 1. The molecule has 114 valence electrons. The fourth-order valence-electron chi connectivity index (χ4n) is 1.80. The molecule has 0 aliphatic heterocycles. The Balaban J connectivity index is 2.36. The van der Waals surface area contributed by atoms with Crippen LogP contribution in [-0.2, 0) is 0 Å². The first-order valence-electron chi connectivity index (χ1n) is 6.43. The van der Waals surface area contributed by atoms with E-state index in [2.05, 4.69) is 0 Å². The van der Waals surface area contributed by atoms with Crippen LogP contribution in [0.25, 0.3) is 6.08 Å². The number of benzene rings is 1. The first kappa shape index (κ1) is 15.3. The van der Waals surface area contributed by atoms with Crippen molar-refractivity contribution in [2.45, 2.75) is 6.92 Å². The number of hydrogen-bond donors (Lipinski definition) is 1. The third-order valence-corrected chi connectivity index (χ3v) is 2.78. The van der Waals surface area contributed by atoms with Crippen LogP contribution in [0.4, 0.5) is 5.69 Å². The minimum Gasteiger partial charge on any atom is -0.507 e. The molecule has 0 atom stereocenters. The molecule has 0 fully saturated rings. The van der Waals surface area contributed by atoms with E-state index in [0.717, 1.165) is 18.2 Å². The average molecular weight is 303 g/mol. The molecule has 7 heteroatoms. The number of phenols is 1. The molecule has 1 aromatic heterocycles. The van der Waals surface area contributed by atoms with Crippen molar-refractivity contribution >= 4 is 17.5 Å². The lowest BCUT2D eigenvalue weighted by atomic mass is 10.1. The Morgan fingerprint density at radius 3 is 2.86 bits per heavy atom. The van der Waals surface area contributed by atoms with Crippen molar-refractivity contribution in [1.82, 2.24) is 0 Å². The molecule has 0 unspecified atom stereocenters. The molecule has 0 amide bonds. The molecule has 1 aromatic carbocycles. The Kier molecular flexibility index (Phi) is 4.57. The Labute approximate surface area is 125 Å². The van der Waals surface area contributed by atoms with Gasteiger partial charge >= 0.3 is 5.69 Å². The van der Waals surface area contributed by atoms with Crippen molar-refractivity contribution in [3.05, 3.63) is 58.0 Å². The van der Waals surface area contributed by atoms with Crippen LogP contribution in [0.3, 0.4) is 0 Å². The maximum Gasteiger partial charge on any atom is 0.311 e. The predicted molar refractivity (Wildman–Crippen MR) is 78.0 cm³/mol. The summed E-state index contributed by atoms with van der Waals surface area (Å²) in [4.78, 5) is 22.4. The number of ketones is 1. The predicted octanol–water partition coefficient (Wildman–Crippen LogP) is 3.19. The number of rotatable bonds is 6. The largest absolute Gasteiger partial charge is 0.507 e. The molecule has 0 radical (unpaired) electrons. The number of ether oxygens (including phenoxy) is 1. The van der Waals surface area contributed by atoms with Gasteiger partial charge in [-0.2, -0.15) is 0 Å². The number of aromatic hydroxyl groups is 1. The molecule has 7 nitrogen and oxygen atoms in total. The summed E-state index contributed by atoms with van der Waals surface area (Å²) < 4.78 is 10.1. The highest BCUT2D eigenvalue weighted by molar-refractivity contribution is 6.09. The maximum absolute atomic E-state index is 12.1. The van der Waals surface area contributed by atoms with Crippen molar-refractivity contribution < 1.29 is 24.0 Å². The Morgan fingerprint density at radius 1 is 1.50 bits per heavy atom. The molecule has 2 rings (SSSR count). The van der Waals surface area contributed by atoms with Crippen LogP contribution < -0.4 is 4.74 Å². The number of allylic oxidation sites excluding steroid dienone is 1. The zero-order valence-electron chi connectivity index (χ0n) is 11.7. The minimum atomic E-state index is -0.669. The highest BCUT2D eigenvalue weighted by atomic mass is 16.6. The number of carbonyl (C=O) groups excluding carboxylic acids is 1. The molecule has 1 N–H and O–H groups in total. The van der Waals surface area contributed by atoms with Crippen molar-refractivity contribution in [2.24, 2.45) is 0 Å². The fraction of sp³-hybridized carbons (Fsp3) is 0.133. The van der Waals surface area contributed by atoms with Gasteiger partial charge in [-0.3, -0.25) is 14.9 Å². The van der Waals surface area contributed by atoms with Gasteiger partial charge in [-0.1, -0.05) is 0 Å². The van der Waals surface area contributed by atoms with E-state index in [-0.39, 0.29) is 29.4 Å². The molecule has 0 saturated heterocycles. The zero-order chi connectivity index (χ0) is 16.1. The van der Waals surface area contributed by atoms with Crippen LogP contribution in [0.5, 0.6) is 11.5 Å². The normalized spacial score (nSPS) is 10.8. The molecular weight excluding hydrogens is 290 g/mol. The highest BCUT2D eigenvalue weighted by Gasteiger charge is 2.21. The van der Waals surface area contributed by atoms with E-state index in [4.69, 9.17) is 9.15 Å². The van der Waals surface area contributed by atoms with Gasteiger partial charge in [0.2, 0.25) is 5.75 Å². The molecule has 0 aliphatic carbocycles. The summed E-state index contributed by atoms with van der Waals surface area (Å²) in [5.74, 6) is -0.604. The first-order chi connectivity index (χ1) is 10.5. The lowest BCUT2D eigenvalue weighted by Gasteiger charge is -2.07. The molecule has 0 bridgehead atoms. The van der Waals surface area contributed by atoms with Crippen LogP contribution in [0.1, 0.15) is 23.0 Å². The molecule has 0 aliphatic rings. The third-order valence-electron chi connectivity index (χ3n) is 2.78. The van der Waals surface area contributed by atoms with Crippen molar-refractivity contribution in [3.63, 3.8) is 0 Å². The monoisotopic (exact) mass is 303 g/mol. The second kappa shape index (κ2) is 6.57. The second-order valence-electron chi connectivity index (χ2n) is 4.24. The van der Waals surface area contributed by atoms with Crippen LogP contribution >= 0.6 is 0 Å². The van der Waals surface area contributed by atoms with E-state index >= 15 is 0 Å². The smallest absolute Gasteiger partial charge is 0.311 e. The topological polar surface area (TPSA) is 103 Å². The summed E-state index contributed by atoms with van der Waals surface area (Å²) in [5, 5.41) is 20.9. The second-order valence-corrected chi connectivity index (χ2v) is 4.24. The molecule has 22 heavy (non-hydrogen) atoms. The fourth-order valence-corrected chi connectivity index (χ4v) is 1.80. The highest BCUT2D eigenvalue weighted by Crippen LogP contribution is 2.34. The zero-order valence-corrected chi connectivity index (χ0v) is 11.7. The van der Waals surface area contributed by atoms with E-state index in [0.29, 0.717) is 5.76 Å². The van der Waals surface area contributed by atoms with Crippen LogP contribution in [0.2, 0.25) is 0 Å². The lowest BCUT2D eigenvalue weighted by molar-refractivity contribution is -0.385. The van der Waals surface area contributed by atoms with Crippen LogP contribution in [0, 0.1) is 10.1 Å². The Bertz CT molecular complexity index is 718. The number of hydrogen-bond acceptors (Lipinski definition) is 6. The van der Waals surface area contributed by atoms with Gasteiger partial charge in [-0.05, 0) is 31.2 Å².